The summed E-state index contributed by atoms with van der Waals surface area (Å²) in [6, 6.07) is 13.2. The Morgan fingerprint density at radius 1 is 1.15 bits per heavy atom. The molecule has 1 N–H and O–H groups in total. The molecule has 3 heterocycles. The molecule has 4 rings (SSSR count). The Labute approximate surface area is 204 Å². The zero-order valence-corrected chi connectivity index (χ0v) is 21.1. The van der Waals surface area contributed by atoms with E-state index in [-0.39, 0.29) is 0 Å². The monoisotopic (exact) mass is 477 g/mol. The van der Waals surface area contributed by atoms with Crippen LogP contribution in [0.15, 0.2) is 65.5 Å². The summed E-state index contributed by atoms with van der Waals surface area (Å²) in [6.45, 7) is 5.16. The molecule has 1 aromatic carbocycles. The van der Waals surface area contributed by atoms with Crippen LogP contribution in [0.4, 0.5) is 5.82 Å². The van der Waals surface area contributed by atoms with E-state index in [4.69, 9.17) is 14.4 Å². The van der Waals surface area contributed by atoms with E-state index in [9.17, 15) is 0 Å². The highest BCUT2D eigenvalue weighted by molar-refractivity contribution is 7.99. The van der Waals surface area contributed by atoms with Crippen molar-refractivity contribution in [1.82, 2.24) is 9.97 Å². The molecular formula is C27H31N3OS2. The Hall–Kier alpha value is -2.57. The number of rotatable bonds is 11. The van der Waals surface area contributed by atoms with Crippen molar-refractivity contribution in [2.75, 3.05) is 18.1 Å². The smallest absolute Gasteiger partial charge is 0.166 e. The van der Waals surface area contributed by atoms with Crippen LogP contribution in [0.5, 0.6) is 0 Å². The molecule has 172 valence electrons. The van der Waals surface area contributed by atoms with Gasteiger partial charge in [-0.3, -0.25) is 0 Å². The number of benzene rings is 1. The summed E-state index contributed by atoms with van der Waals surface area (Å²) in [7, 11) is 0. The lowest BCUT2D eigenvalue weighted by molar-refractivity contribution is 0.568. The maximum Gasteiger partial charge on any atom is 0.166 e. The van der Waals surface area contributed by atoms with E-state index in [2.05, 4.69) is 67.9 Å². The molecule has 6 heteroatoms. The number of aryl methyl sites for hydroxylation is 2. The van der Waals surface area contributed by atoms with E-state index in [1.807, 2.05) is 17.8 Å². The summed E-state index contributed by atoms with van der Waals surface area (Å²) in [5, 5.41) is 5.20. The third-order valence-corrected chi connectivity index (χ3v) is 7.45. The average molecular weight is 478 g/mol. The second kappa shape index (κ2) is 11.5. The lowest BCUT2D eigenvalue weighted by Crippen LogP contribution is -2.06. The second-order valence-corrected chi connectivity index (χ2v) is 10.5. The fourth-order valence-corrected chi connectivity index (χ4v) is 5.30. The van der Waals surface area contributed by atoms with Crippen molar-refractivity contribution in [3.63, 3.8) is 0 Å². The molecule has 0 saturated heterocycles. The van der Waals surface area contributed by atoms with Crippen LogP contribution >= 0.6 is 23.1 Å². The molecule has 0 fully saturated rings. The van der Waals surface area contributed by atoms with Crippen LogP contribution in [0.3, 0.4) is 0 Å². The van der Waals surface area contributed by atoms with Crippen molar-refractivity contribution in [1.29, 1.82) is 0 Å². The minimum Gasteiger partial charge on any atom is -0.472 e. The number of thioether (sulfide) groups is 1. The zero-order chi connectivity index (χ0) is 23.0. The molecule has 0 amide bonds. The number of allylic oxidation sites excluding steroid dienone is 1. The fourth-order valence-electron chi connectivity index (χ4n) is 3.79. The molecule has 0 radical (unpaired) electrons. The van der Waals surface area contributed by atoms with Crippen LogP contribution in [-0.4, -0.2) is 28.0 Å². The quantitative estimate of drug-likeness (QED) is 0.179. The number of aromatic nitrogens is 2. The molecule has 0 aliphatic heterocycles. The third kappa shape index (κ3) is 6.27. The lowest BCUT2D eigenvalue weighted by atomic mass is 10.0. The Morgan fingerprint density at radius 2 is 1.97 bits per heavy atom. The molecule has 1 atom stereocenters. The largest absolute Gasteiger partial charge is 0.472 e. The molecule has 3 aromatic heterocycles. The van der Waals surface area contributed by atoms with Crippen molar-refractivity contribution >= 4 is 39.1 Å². The average Bonchev–Trinajstić information content (AvgIpc) is 3.49. The molecule has 1 unspecified atom stereocenters. The minimum absolute atomic E-state index is 0.553. The van der Waals surface area contributed by atoms with Crippen LogP contribution in [0, 0.1) is 6.92 Å². The van der Waals surface area contributed by atoms with Crippen molar-refractivity contribution in [3.05, 3.63) is 77.1 Å². The Balaban J connectivity index is 1.35. The van der Waals surface area contributed by atoms with Crippen molar-refractivity contribution < 1.29 is 4.42 Å². The first-order valence-corrected chi connectivity index (χ1v) is 13.6. The van der Waals surface area contributed by atoms with Crippen LogP contribution in [0.2, 0.25) is 0 Å². The standard InChI is InChI=1S/C27H31N3OS2/c1-4-5-8-23(32-3)17-21-11-9-20(10-12-21)7-6-14-28-26-24-16-19(2)33-27(24)30-25(29-26)22-13-15-31-18-22/h5,8-13,15-16,18,23H,4,6-7,14,17H2,1-3H3,(H,28,29,30)/b8-5-. The van der Waals surface area contributed by atoms with Gasteiger partial charge in [0.25, 0.3) is 0 Å². The van der Waals surface area contributed by atoms with E-state index in [0.717, 1.165) is 53.8 Å². The SMILES string of the molecule is CC/C=C\C(Cc1ccc(CCCNc2nc(-c3ccoc3)nc3sc(C)cc23)cc1)SC. The van der Waals surface area contributed by atoms with Gasteiger partial charge in [-0.15, -0.1) is 11.3 Å². The van der Waals surface area contributed by atoms with Gasteiger partial charge in [0.2, 0.25) is 0 Å². The van der Waals surface area contributed by atoms with E-state index >= 15 is 0 Å². The normalized spacial score (nSPS) is 12.6. The molecule has 0 aliphatic carbocycles. The predicted octanol–water partition coefficient (Wildman–Crippen LogP) is 7.54. The summed E-state index contributed by atoms with van der Waals surface area (Å²) in [5.74, 6) is 1.60. The third-order valence-electron chi connectivity index (χ3n) is 5.58. The van der Waals surface area contributed by atoms with Gasteiger partial charge < -0.3 is 9.73 Å². The Morgan fingerprint density at radius 3 is 2.70 bits per heavy atom. The van der Waals surface area contributed by atoms with Gasteiger partial charge in [-0.1, -0.05) is 43.3 Å². The Bertz CT molecular complexity index is 1180. The fraction of sp³-hybridized carbons (Fsp3) is 0.333. The van der Waals surface area contributed by atoms with Gasteiger partial charge in [-0.2, -0.15) is 11.8 Å². The van der Waals surface area contributed by atoms with E-state index in [0.29, 0.717) is 11.1 Å². The van der Waals surface area contributed by atoms with Crippen molar-refractivity contribution in [3.8, 4) is 11.4 Å². The maximum atomic E-state index is 5.23. The van der Waals surface area contributed by atoms with Gasteiger partial charge in [0.05, 0.1) is 17.2 Å². The molecule has 0 bridgehead atoms. The number of hydrogen-bond acceptors (Lipinski definition) is 6. The number of furan rings is 1. The zero-order valence-electron chi connectivity index (χ0n) is 19.5. The van der Waals surface area contributed by atoms with Crippen molar-refractivity contribution in [2.24, 2.45) is 0 Å². The highest BCUT2D eigenvalue weighted by atomic mass is 32.2. The number of hydrogen-bond donors (Lipinski definition) is 1. The summed E-state index contributed by atoms with van der Waals surface area (Å²) >= 11 is 3.61. The first-order valence-electron chi connectivity index (χ1n) is 11.5. The van der Waals surface area contributed by atoms with Gasteiger partial charge in [0, 0.05) is 16.7 Å². The van der Waals surface area contributed by atoms with Gasteiger partial charge >= 0.3 is 0 Å². The second-order valence-electron chi connectivity index (χ2n) is 8.15. The van der Waals surface area contributed by atoms with Gasteiger partial charge in [0.15, 0.2) is 5.82 Å². The first-order chi connectivity index (χ1) is 16.2. The van der Waals surface area contributed by atoms with Crippen LogP contribution in [-0.2, 0) is 12.8 Å². The van der Waals surface area contributed by atoms with Crippen LogP contribution < -0.4 is 5.32 Å². The predicted molar refractivity (Wildman–Crippen MR) is 144 cm³/mol. The van der Waals surface area contributed by atoms with E-state index < -0.39 is 0 Å². The number of nitrogens with zero attached hydrogens (tertiary/aromatic N) is 2. The number of fused-ring (bicyclic) bond motifs is 1. The van der Waals surface area contributed by atoms with Gasteiger partial charge in [-0.25, -0.2) is 9.97 Å². The molecular weight excluding hydrogens is 446 g/mol. The molecule has 33 heavy (non-hydrogen) atoms. The summed E-state index contributed by atoms with van der Waals surface area (Å²) in [4.78, 5) is 11.8. The molecule has 4 nitrogen and oxygen atoms in total. The molecule has 0 aliphatic rings. The highest BCUT2D eigenvalue weighted by Gasteiger charge is 2.12. The summed E-state index contributed by atoms with van der Waals surface area (Å²) in [5.41, 5.74) is 3.68. The van der Waals surface area contributed by atoms with Gasteiger partial charge in [-0.05, 0) is 62.1 Å². The number of anilines is 1. The maximum absolute atomic E-state index is 5.23. The molecule has 0 saturated carbocycles. The van der Waals surface area contributed by atoms with Gasteiger partial charge in [0.1, 0.15) is 16.9 Å². The van der Waals surface area contributed by atoms with E-state index in [1.165, 1.54) is 16.0 Å². The first kappa shape index (κ1) is 23.6. The lowest BCUT2D eigenvalue weighted by Gasteiger charge is -2.11. The number of nitrogens with one attached hydrogen (secondary N) is 1. The Kier molecular flexibility index (Phi) is 8.24. The van der Waals surface area contributed by atoms with Crippen LogP contribution in [0.1, 0.15) is 35.8 Å². The topological polar surface area (TPSA) is 51.0 Å². The van der Waals surface area contributed by atoms with E-state index in [1.54, 1.807) is 23.9 Å². The highest BCUT2D eigenvalue weighted by Crippen LogP contribution is 2.31. The van der Waals surface area contributed by atoms with Crippen LogP contribution in [0.25, 0.3) is 21.6 Å². The molecule has 0 spiro atoms. The summed E-state index contributed by atoms with van der Waals surface area (Å²) < 4.78 is 5.23. The molecule has 4 aromatic rings. The summed E-state index contributed by atoms with van der Waals surface area (Å²) in [6.07, 6.45) is 14.4. The minimum atomic E-state index is 0.553. The number of thiophene rings is 1. The van der Waals surface area contributed by atoms with Crippen molar-refractivity contribution in [2.45, 2.75) is 44.8 Å².